The van der Waals surface area contributed by atoms with Gasteiger partial charge in [-0.1, -0.05) is 17.7 Å². The molecule has 2 aromatic rings. The van der Waals surface area contributed by atoms with Gasteiger partial charge in [-0.3, -0.25) is 10.2 Å². The molecule has 0 spiro atoms. The number of benzene rings is 2. The van der Waals surface area contributed by atoms with Crippen LogP contribution in [0, 0.1) is 0 Å². The molecule has 0 aliphatic rings. The first-order chi connectivity index (χ1) is 12.0. The first-order valence-corrected chi connectivity index (χ1v) is 8.83. The fourth-order valence-electron chi connectivity index (χ4n) is 1.97. The molecule has 0 aromatic heterocycles. The molecule has 0 bridgehead atoms. The molecule has 0 aliphatic carbocycles. The molecule has 26 heavy (non-hydrogen) atoms. The lowest BCUT2D eigenvalue weighted by Gasteiger charge is -2.19. The Morgan fingerprint density at radius 2 is 1.81 bits per heavy atom. The highest BCUT2D eigenvalue weighted by Gasteiger charge is 2.33. The summed E-state index contributed by atoms with van der Waals surface area (Å²) < 4.78 is 63.8. The van der Waals surface area contributed by atoms with E-state index in [9.17, 15) is 26.4 Å². The van der Waals surface area contributed by atoms with Gasteiger partial charge in [0.1, 0.15) is 0 Å². The number of carbonyl (C=O) groups excluding carboxylic acids is 1. The number of nitrogens with two attached hydrogens (primary N) is 1. The Morgan fingerprint density at radius 1 is 1.15 bits per heavy atom. The third-order valence-electron chi connectivity index (χ3n) is 3.20. The summed E-state index contributed by atoms with van der Waals surface area (Å²) >= 11 is 11.7. The molecule has 0 radical (unpaired) electrons. The van der Waals surface area contributed by atoms with Crippen molar-refractivity contribution in [1.82, 2.24) is 5.43 Å². The number of sulfonamides is 1. The monoisotopic (exact) mass is 427 g/mol. The Morgan fingerprint density at radius 3 is 2.38 bits per heavy atom. The number of amides is 1. The van der Waals surface area contributed by atoms with E-state index in [1.807, 2.05) is 0 Å². The predicted octanol–water partition coefficient (Wildman–Crippen LogP) is 3.31. The Kier molecular flexibility index (Phi) is 5.71. The normalized spacial score (nSPS) is 11.9. The summed E-state index contributed by atoms with van der Waals surface area (Å²) in [7, 11) is -4.64. The van der Waals surface area contributed by atoms with Crippen LogP contribution in [0.5, 0.6) is 0 Å². The largest absolute Gasteiger partial charge is 0.416 e. The van der Waals surface area contributed by atoms with Crippen LogP contribution in [0.15, 0.2) is 47.4 Å². The molecular formula is C14H10Cl2F3N3O3S. The Labute approximate surface area is 156 Å². The van der Waals surface area contributed by atoms with Gasteiger partial charge in [0.25, 0.3) is 15.9 Å². The fraction of sp³-hybridized carbons (Fsp3) is 0.0714. The number of nitrogens with zero attached hydrogens (tertiary/aromatic N) is 1. The second-order valence-electron chi connectivity index (χ2n) is 4.88. The number of hydrazine groups is 1. The van der Waals surface area contributed by atoms with E-state index in [1.54, 1.807) is 5.43 Å². The summed E-state index contributed by atoms with van der Waals surface area (Å²) in [6.45, 7) is 0. The topological polar surface area (TPSA) is 92.5 Å². The van der Waals surface area contributed by atoms with Crippen LogP contribution in [0.3, 0.4) is 0 Å². The number of hydrogen-bond donors (Lipinski definition) is 2. The second kappa shape index (κ2) is 7.31. The summed E-state index contributed by atoms with van der Waals surface area (Å²) in [5, 5.41) is 0.0402. The van der Waals surface area contributed by atoms with E-state index >= 15 is 0 Å². The minimum Gasteiger partial charge on any atom is -0.290 e. The van der Waals surface area contributed by atoms with Crippen LogP contribution in [0.25, 0.3) is 0 Å². The van der Waals surface area contributed by atoms with Crippen molar-refractivity contribution in [3.05, 3.63) is 58.6 Å². The quantitative estimate of drug-likeness (QED) is 0.338. The molecule has 0 atom stereocenters. The minimum absolute atomic E-state index is 0.0402. The molecule has 0 saturated heterocycles. The van der Waals surface area contributed by atoms with Crippen molar-refractivity contribution in [3.63, 3.8) is 0 Å². The summed E-state index contributed by atoms with van der Waals surface area (Å²) in [6.07, 6.45) is -4.75. The first-order valence-electron chi connectivity index (χ1n) is 6.67. The first kappa shape index (κ1) is 20.3. The van der Waals surface area contributed by atoms with Crippen LogP contribution in [-0.4, -0.2) is 14.3 Å². The summed E-state index contributed by atoms with van der Waals surface area (Å²) in [6, 6.07) is 6.51. The average Bonchev–Trinajstić information content (AvgIpc) is 2.59. The number of hydrogen-bond acceptors (Lipinski definition) is 4. The molecule has 2 aromatic carbocycles. The van der Waals surface area contributed by atoms with Gasteiger partial charge in [0.15, 0.2) is 0 Å². The smallest absolute Gasteiger partial charge is 0.290 e. The second-order valence-corrected chi connectivity index (χ2v) is 7.64. The lowest BCUT2D eigenvalue weighted by Crippen LogP contribution is -2.32. The van der Waals surface area contributed by atoms with Gasteiger partial charge in [0, 0.05) is 16.8 Å². The fourth-order valence-corrected chi connectivity index (χ4v) is 3.64. The van der Waals surface area contributed by atoms with Crippen molar-refractivity contribution in [2.75, 3.05) is 3.82 Å². The highest BCUT2D eigenvalue weighted by atomic mass is 35.5. The van der Waals surface area contributed by atoms with E-state index < -0.39 is 32.6 Å². The summed E-state index contributed by atoms with van der Waals surface area (Å²) in [5.41, 5.74) is 0.0105. The number of carbonyl (C=O) groups is 1. The molecule has 6 nitrogen and oxygen atoms in total. The molecule has 0 aliphatic heterocycles. The van der Waals surface area contributed by atoms with E-state index in [0.29, 0.717) is 12.1 Å². The van der Waals surface area contributed by atoms with Crippen LogP contribution in [0.1, 0.15) is 15.9 Å². The van der Waals surface area contributed by atoms with Crippen molar-refractivity contribution in [2.24, 2.45) is 5.84 Å². The van der Waals surface area contributed by atoms with Crippen molar-refractivity contribution >= 4 is 45.0 Å². The van der Waals surface area contributed by atoms with Gasteiger partial charge < -0.3 is 0 Å². The molecule has 12 heteroatoms. The standard InChI is InChI=1S/C14H10Cl2F3N3O3S/c15-9-4-5-11(13(23)21-20)12(7-9)22(16)26(24,25)10-3-1-2-8(6-10)14(17,18)19/h1-7H,20H2,(H,21,23). The van der Waals surface area contributed by atoms with Gasteiger partial charge in [-0.2, -0.15) is 25.4 Å². The van der Waals surface area contributed by atoms with Crippen LogP contribution >= 0.6 is 23.4 Å². The number of halogens is 5. The Bertz CT molecular complexity index is 952. The highest BCUT2D eigenvalue weighted by Crippen LogP contribution is 2.34. The SMILES string of the molecule is NNC(=O)c1ccc(Cl)cc1N(Cl)S(=O)(=O)c1cccc(C(F)(F)F)c1. The summed E-state index contributed by atoms with van der Waals surface area (Å²) in [4.78, 5) is 11.1. The predicted molar refractivity (Wildman–Crippen MR) is 90.1 cm³/mol. The van der Waals surface area contributed by atoms with Crippen LogP contribution in [0.2, 0.25) is 5.02 Å². The van der Waals surface area contributed by atoms with Gasteiger partial charge in [-0.15, -0.1) is 0 Å². The van der Waals surface area contributed by atoms with E-state index in [-0.39, 0.29) is 20.1 Å². The van der Waals surface area contributed by atoms with Gasteiger partial charge in [0.05, 0.1) is 21.7 Å². The number of nitrogens with one attached hydrogen (secondary N) is 1. The number of nitrogen functional groups attached to an aromatic ring is 1. The van der Waals surface area contributed by atoms with Crippen LogP contribution in [-0.2, 0) is 16.2 Å². The van der Waals surface area contributed by atoms with Crippen molar-refractivity contribution in [3.8, 4) is 0 Å². The van der Waals surface area contributed by atoms with E-state index in [1.165, 1.54) is 6.07 Å². The van der Waals surface area contributed by atoms with Crippen molar-refractivity contribution < 1.29 is 26.4 Å². The summed E-state index contributed by atoms with van der Waals surface area (Å²) in [5.74, 6) is 4.16. The molecule has 140 valence electrons. The molecule has 1 amide bonds. The third kappa shape index (κ3) is 4.04. The number of alkyl halides is 3. The molecular weight excluding hydrogens is 418 g/mol. The zero-order chi connectivity index (χ0) is 19.7. The zero-order valence-corrected chi connectivity index (χ0v) is 14.9. The van der Waals surface area contributed by atoms with Crippen molar-refractivity contribution in [1.29, 1.82) is 0 Å². The van der Waals surface area contributed by atoms with Gasteiger partial charge in [-0.05, 0) is 36.4 Å². The van der Waals surface area contributed by atoms with Gasteiger partial charge >= 0.3 is 6.18 Å². The molecule has 0 heterocycles. The zero-order valence-electron chi connectivity index (χ0n) is 12.6. The average molecular weight is 428 g/mol. The van der Waals surface area contributed by atoms with Crippen molar-refractivity contribution in [2.45, 2.75) is 11.1 Å². The number of rotatable bonds is 4. The molecule has 3 N–H and O–H groups in total. The molecule has 2 rings (SSSR count). The van der Waals surface area contributed by atoms with E-state index in [2.05, 4.69) is 0 Å². The highest BCUT2D eigenvalue weighted by molar-refractivity contribution is 7.94. The maximum absolute atomic E-state index is 12.8. The Balaban J connectivity index is 2.58. The van der Waals surface area contributed by atoms with E-state index in [4.69, 9.17) is 29.2 Å². The van der Waals surface area contributed by atoms with Gasteiger partial charge in [-0.25, -0.2) is 5.84 Å². The van der Waals surface area contributed by atoms with Gasteiger partial charge in [0.2, 0.25) is 0 Å². The van der Waals surface area contributed by atoms with E-state index in [0.717, 1.165) is 24.3 Å². The lowest BCUT2D eigenvalue weighted by atomic mass is 10.2. The lowest BCUT2D eigenvalue weighted by molar-refractivity contribution is -0.137. The number of anilines is 1. The molecule has 0 saturated carbocycles. The maximum atomic E-state index is 12.8. The van der Waals surface area contributed by atoms with Crippen LogP contribution < -0.4 is 15.1 Å². The Hall–Kier alpha value is -2.01. The molecule has 0 unspecified atom stereocenters. The molecule has 0 fully saturated rings. The maximum Gasteiger partial charge on any atom is 0.416 e. The minimum atomic E-state index is -4.75. The third-order valence-corrected chi connectivity index (χ3v) is 5.63. The van der Waals surface area contributed by atoms with Crippen LogP contribution in [0.4, 0.5) is 18.9 Å².